The molecular formula is C28H34O6. The topological polar surface area (TPSA) is 86.7 Å². The maximum Gasteiger partial charge on any atom is 0.317 e. The molecule has 34 heavy (non-hydrogen) atoms. The first kappa shape index (κ1) is 27.0. The summed E-state index contributed by atoms with van der Waals surface area (Å²) in [5.74, 6) is -0.0104. The maximum absolute atomic E-state index is 12.8. The summed E-state index contributed by atoms with van der Waals surface area (Å²) in [6.07, 6.45) is 1.12. The lowest BCUT2D eigenvalue weighted by atomic mass is 9.65. The fraction of sp³-hybridized carbons (Fsp3) is 0.429. The number of hydrogen-bond donors (Lipinski definition) is 0. The van der Waals surface area contributed by atoms with E-state index in [0.717, 1.165) is 0 Å². The van der Waals surface area contributed by atoms with Crippen molar-refractivity contribution in [2.45, 2.75) is 66.2 Å². The van der Waals surface area contributed by atoms with E-state index >= 15 is 0 Å². The van der Waals surface area contributed by atoms with Crippen molar-refractivity contribution in [3.05, 3.63) is 60.7 Å². The van der Waals surface area contributed by atoms with Gasteiger partial charge in [-0.3, -0.25) is 19.2 Å². The molecule has 182 valence electrons. The number of ether oxygens (including phenoxy) is 2. The van der Waals surface area contributed by atoms with Crippen LogP contribution in [-0.4, -0.2) is 23.5 Å². The van der Waals surface area contributed by atoms with E-state index in [2.05, 4.69) is 0 Å². The summed E-state index contributed by atoms with van der Waals surface area (Å²) < 4.78 is 10.7. The highest BCUT2D eigenvalue weighted by Gasteiger charge is 2.45. The van der Waals surface area contributed by atoms with Gasteiger partial charge in [-0.05, 0) is 49.9 Å². The van der Waals surface area contributed by atoms with Gasteiger partial charge in [-0.1, -0.05) is 50.2 Å². The molecule has 2 aromatic rings. The van der Waals surface area contributed by atoms with Crippen LogP contribution in [0.15, 0.2) is 60.7 Å². The third-order valence-corrected chi connectivity index (χ3v) is 6.29. The Bertz CT molecular complexity index is 976. The average Bonchev–Trinajstić information content (AvgIpc) is 2.78. The Morgan fingerprint density at radius 3 is 1.71 bits per heavy atom. The molecule has 0 aliphatic carbocycles. The summed E-state index contributed by atoms with van der Waals surface area (Å²) in [4.78, 5) is 49.4. The molecule has 0 N–H and O–H groups in total. The lowest BCUT2D eigenvalue weighted by Gasteiger charge is -2.39. The van der Waals surface area contributed by atoms with Gasteiger partial charge in [-0.25, -0.2) is 0 Å². The van der Waals surface area contributed by atoms with Crippen LogP contribution in [0.5, 0.6) is 11.5 Å². The smallest absolute Gasteiger partial charge is 0.317 e. The first-order valence-electron chi connectivity index (χ1n) is 11.6. The van der Waals surface area contributed by atoms with Gasteiger partial charge in [0.05, 0.1) is 5.41 Å². The van der Waals surface area contributed by atoms with Crippen molar-refractivity contribution in [1.82, 2.24) is 0 Å². The van der Waals surface area contributed by atoms with Crippen LogP contribution in [-0.2, 0) is 19.2 Å². The van der Waals surface area contributed by atoms with Gasteiger partial charge >= 0.3 is 11.9 Å². The summed E-state index contributed by atoms with van der Waals surface area (Å²) in [5, 5.41) is 0. The Labute approximate surface area is 201 Å². The van der Waals surface area contributed by atoms with E-state index in [4.69, 9.17) is 9.47 Å². The minimum atomic E-state index is -0.915. The van der Waals surface area contributed by atoms with E-state index in [-0.39, 0.29) is 49.6 Å². The molecule has 0 saturated heterocycles. The van der Waals surface area contributed by atoms with Gasteiger partial charge in [0.1, 0.15) is 23.1 Å². The van der Waals surface area contributed by atoms with Crippen molar-refractivity contribution in [3.63, 3.8) is 0 Å². The van der Waals surface area contributed by atoms with Crippen LogP contribution in [0.2, 0.25) is 0 Å². The van der Waals surface area contributed by atoms with Crippen LogP contribution in [0.4, 0.5) is 0 Å². The number of carbonyl (C=O) groups is 4. The molecule has 6 nitrogen and oxygen atoms in total. The van der Waals surface area contributed by atoms with Gasteiger partial charge in [0, 0.05) is 32.1 Å². The monoisotopic (exact) mass is 466 g/mol. The average molecular weight is 467 g/mol. The molecule has 2 aromatic carbocycles. The maximum atomic E-state index is 12.8. The van der Waals surface area contributed by atoms with Crippen LogP contribution in [0.25, 0.3) is 0 Å². The van der Waals surface area contributed by atoms with Gasteiger partial charge in [-0.2, -0.15) is 0 Å². The molecule has 0 aromatic heterocycles. The van der Waals surface area contributed by atoms with Crippen LogP contribution < -0.4 is 9.47 Å². The number of hydrogen-bond acceptors (Lipinski definition) is 6. The minimum Gasteiger partial charge on any atom is -0.427 e. The second kappa shape index (κ2) is 12.3. The van der Waals surface area contributed by atoms with Crippen LogP contribution in [0.3, 0.4) is 0 Å². The Morgan fingerprint density at radius 2 is 1.15 bits per heavy atom. The van der Waals surface area contributed by atoms with Crippen molar-refractivity contribution < 1.29 is 28.7 Å². The molecule has 0 heterocycles. The van der Waals surface area contributed by atoms with E-state index in [9.17, 15) is 19.2 Å². The molecule has 6 heteroatoms. The zero-order valence-corrected chi connectivity index (χ0v) is 20.5. The number of Topliss-reactive ketones (excluding diaryl/α,β-unsaturated/α-hetero) is 2. The third-order valence-electron chi connectivity index (χ3n) is 6.29. The molecule has 0 saturated carbocycles. The fourth-order valence-corrected chi connectivity index (χ4v) is 3.31. The Balaban J connectivity index is 1.74. The largest absolute Gasteiger partial charge is 0.427 e. The van der Waals surface area contributed by atoms with Crippen LogP contribution in [0, 0.1) is 10.8 Å². The second-order valence-corrected chi connectivity index (χ2v) is 9.61. The number of benzene rings is 2. The molecule has 0 amide bonds. The number of ketones is 2. The minimum absolute atomic E-state index is 0.0681. The molecule has 0 fully saturated rings. The standard InChI is InChI=1S/C28H34O6/c1-27(2,28(3,4)26(32)34-24-15-9-6-10-16-24)20-22(30)19-18-21(29)12-11-17-25(31)33-23-13-7-5-8-14-23/h5-10,13-16H,11-12,17-20H2,1-4H3. The molecule has 0 spiro atoms. The third kappa shape index (κ3) is 8.25. The van der Waals surface area contributed by atoms with Crippen molar-refractivity contribution in [3.8, 4) is 11.5 Å². The van der Waals surface area contributed by atoms with Crippen LogP contribution >= 0.6 is 0 Å². The molecule has 2 rings (SSSR count). The van der Waals surface area contributed by atoms with E-state index < -0.39 is 16.8 Å². The van der Waals surface area contributed by atoms with E-state index in [1.807, 2.05) is 26.0 Å². The quantitative estimate of drug-likeness (QED) is 0.277. The highest BCUT2D eigenvalue weighted by Crippen LogP contribution is 2.43. The highest BCUT2D eigenvalue weighted by atomic mass is 16.5. The van der Waals surface area contributed by atoms with Gasteiger partial charge in [0.2, 0.25) is 0 Å². The SMILES string of the molecule is CC(C)(CC(=O)CCC(=O)CCCC(=O)Oc1ccccc1)C(C)(C)C(=O)Oc1ccccc1. The summed E-state index contributed by atoms with van der Waals surface area (Å²) in [5.41, 5.74) is -1.58. The second-order valence-electron chi connectivity index (χ2n) is 9.61. The first-order valence-corrected chi connectivity index (χ1v) is 11.6. The first-order chi connectivity index (χ1) is 16.0. The molecule has 0 radical (unpaired) electrons. The predicted octanol–water partition coefficient (Wildman–Crippen LogP) is 5.73. The van der Waals surface area contributed by atoms with E-state index in [0.29, 0.717) is 17.9 Å². The summed E-state index contributed by atoms with van der Waals surface area (Å²) >= 11 is 0. The fourth-order valence-electron chi connectivity index (χ4n) is 3.31. The van der Waals surface area contributed by atoms with E-state index in [1.54, 1.807) is 62.4 Å². The Hall–Kier alpha value is -3.28. The van der Waals surface area contributed by atoms with Gasteiger partial charge < -0.3 is 9.47 Å². The lowest BCUT2D eigenvalue weighted by molar-refractivity contribution is -0.152. The molecule has 0 unspecified atom stereocenters. The van der Waals surface area contributed by atoms with Gasteiger partial charge in [0.25, 0.3) is 0 Å². The zero-order valence-electron chi connectivity index (χ0n) is 20.5. The lowest BCUT2D eigenvalue weighted by Crippen LogP contribution is -2.43. The molecule has 0 aliphatic rings. The summed E-state index contributed by atoms with van der Waals surface area (Å²) in [7, 11) is 0. The molecule has 0 aliphatic heterocycles. The number of carbonyl (C=O) groups excluding carboxylic acids is 4. The van der Waals surface area contributed by atoms with Gasteiger partial charge in [0.15, 0.2) is 0 Å². The Kier molecular flexibility index (Phi) is 9.72. The molecule has 0 atom stereocenters. The molecular weight excluding hydrogens is 432 g/mol. The van der Waals surface area contributed by atoms with E-state index in [1.165, 1.54) is 0 Å². The predicted molar refractivity (Wildman–Crippen MR) is 129 cm³/mol. The van der Waals surface area contributed by atoms with Crippen molar-refractivity contribution in [2.75, 3.05) is 0 Å². The number of rotatable bonds is 13. The number of para-hydroxylation sites is 2. The summed E-state index contributed by atoms with van der Waals surface area (Å²) in [6.45, 7) is 7.26. The summed E-state index contributed by atoms with van der Waals surface area (Å²) in [6, 6.07) is 17.6. The van der Waals surface area contributed by atoms with Crippen molar-refractivity contribution >= 4 is 23.5 Å². The zero-order chi connectivity index (χ0) is 25.2. The van der Waals surface area contributed by atoms with Crippen molar-refractivity contribution in [1.29, 1.82) is 0 Å². The number of esters is 2. The normalized spacial score (nSPS) is 11.5. The molecule has 0 bridgehead atoms. The van der Waals surface area contributed by atoms with Gasteiger partial charge in [-0.15, -0.1) is 0 Å². The van der Waals surface area contributed by atoms with Crippen LogP contribution in [0.1, 0.15) is 66.2 Å². The highest BCUT2D eigenvalue weighted by molar-refractivity contribution is 5.87. The van der Waals surface area contributed by atoms with Crippen molar-refractivity contribution in [2.24, 2.45) is 10.8 Å². The Morgan fingerprint density at radius 1 is 0.647 bits per heavy atom.